The van der Waals surface area contributed by atoms with Crippen LogP contribution in [0.3, 0.4) is 0 Å². The first-order chi connectivity index (χ1) is 14.0. The Kier molecular flexibility index (Phi) is 7.99. The number of likely N-dealkylation sites (N-methyl/N-ethyl adjacent to an activating group) is 1. The Morgan fingerprint density at radius 1 is 1.20 bits per heavy atom. The molecule has 3 saturated heterocycles. The molecule has 1 aromatic rings. The highest BCUT2D eigenvalue weighted by molar-refractivity contribution is 14.0. The standard InChI is InChI=1S/C20H31N5O3S.HI/c1-21-20(23-17-13-16-7-8-18(17)28-16)22-14-15-5-3-4-6-19(15)29(26,27)25-11-9-24(2)10-12-25;/h3-6,16-18H,7-14H2,1-2H3,(H2,21,22,23);1H. The Bertz CT molecular complexity index is 858. The summed E-state index contributed by atoms with van der Waals surface area (Å²) in [5, 5.41) is 6.73. The molecule has 3 aliphatic rings. The maximum atomic E-state index is 13.2. The van der Waals surface area contributed by atoms with Crippen LogP contribution in [0.25, 0.3) is 0 Å². The number of guanidine groups is 1. The lowest BCUT2D eigenvalue weighted by Crippen LogP contribution is -2.48. The van der Waals surface area contributed by atoms with E-state index in [4.69, 9.17) is 4.74 Å². The number of benzene rings is 1. The number of hydrogen-bond donors (Lipinski definition) is 2. The second-order valence-electron chi connectivity index (χ2n) is 8.10. The van der Waals surface area contributed by atoms with Crippen LogP contribution in [-0.4, -0.2) is 82.1 Å². The number of fused-ring (bicyclic) bond motifs is 2. The third-order valence-corrected chi connectivity index (χ3v) is 8.15. The van der Waals surface area contributed by atoms with Crippen LogP contribution in [-0.2, 0) is 21.3 Å². The van der Waals surface area contributed by atoms with E-state index in [0.29, 0.717) is 36.6 Å². The van der Waals surface area contributed by atoms with Crippen molar-refractivity contribution in [1.29, 1.82) is 0 Å². The molecule has 4 rings (SSSR count). The number of sulfonamides is 1. The maximum absolute atomic E-state index is 13.2. The van der Waals surface area contributed by atoms with Crippen molar-refractivity contribution in [3.05, 3.63) is 29.8 Å². The van der Waals surface area contributed by atoms with Crippen LogP contribution >= 0.6 is 24.0 Å². The van der Waals surface area contributed by atoms with E-state index in [1.165, 1.54) is 0 Å². The minimum atomic E-state index is -3.51. The van der Waals surface area contributed by atoms with Crippen molar-refractivity contribution < 1.29 is 13.2 Å². The van der Waals surface area contributed by atoms with Gasteiger partial charge in [0.05, 0.1) is 23.1 Å². The zero-order valence-electron chi connectivity index (χ0n) is 17.6. The molecule has 8 nitrogen and oxygen atoms in total. The summed E-state index contributed by atoms with van der Waals surface area (Å²) in [6.07, 6.45) is 3.85. The highest BCUT2D eigenvalue weighted by Crippen LogP contribution is 2.34. The van der Waals surface area contributed by atoms with Gasteiger partial charge in [-0.3, -0.25) is 4.99 Å². The number of ether oxygens (including phenoxy) is 1. The van der Waals surface area contributed by atoms with Gasteiger partial charge in [0.25, 0.3) is 0 Å². The Balaban J connectivity index is 0.00000256. The Morgan fingerprint density at radius 3 is 2.57 bits per heavy atom. The molecule has 3 fully saturated rings. The SMILES string of the molecule is CN=C(NCc1ccccc1S(=O)(=O)N1CCN(C)CC1)NC1CC2CCC1O2.I. The van der Waals surface area contributed by atoms with Gasteiger partial charge in [-0.2, -0.15) is 4.31 Å². The predicted octanol–water partition coefficient (Wildman–Crippen LogP) is 1.23. The van der Waals surface area contributed by atoms with Gasteiger partial charge in [0, 0.05) is 39.8 Å². The summed E-state index contributed by atoms with van der Waals surface area (Å²) in [5.74, 6) is 0.679. The fraction of sp³-hybridized carbons (Fsp3) is 0.650. The fourth-order valence-corrected chi connectivity index (χ4v) is 6.05. The van der Waals surface area contributed by atoms with Crippen LogP contribution in [0, 0.1) is 0 Å². The summed E-state index contributed by atoms with van der Waals surface area (Å²) >= 11 is 0. The van der Waals surface area contributed by atoms with Gasteiger partial charge in [0.2, 0.25) is 10.0 Å². The number of nitrogens with zero attached hydrogens (tertiary/aromatic N) is 3. The molecule has 0 radical (unpaired) electrons. The maximum Gasteiger partial charge on any atom is 0.243 e. The molecule has 10 heteroatoms. The molecule has 0 aromatic heterocycles. The molecule has 0 aliphatic carbocycles. The molecule has 2 N–H and O–H groups in total. The van der Waals surface area contributed by atoms with Gasteiger partial charge >= 0.3 is 0 Å². The lowest BCUT2D eigenvalue weighted by atomic mass is 9.96. The van der Waals surface area contributed by atoms with Gasteiger partial charge < -0.3 is 20.3 Å². The van der Waals surface area contributed by atoms with E-state index in [2.05, 4.69) is 20.5 Å². The number of rotatable bonds is 5. The lowest BCUT2D eigenvalue weighted by Gasteiger charge is -2.32. The topological polar surface area (TPSA) is 86.3 Å². The molecule has 3 unspecified atom stereocenters. The monoisotopic (exact) mass is 549 g/mol. The van der Waals surface area contributed by atoms with Crippen LogP contribution in [0.5, 0.6) is 0 Å². The molecule has 0 spiro atoms. The molecule has 0 amide bonds. The van der Waals surface area contributed by atoms with E-state index in [9.17, 15) is 8.42 Å². The molecule has 168 valence electrons. The summed E-state index contributed by atoms with van der Waals surface area (Å²) in [4.78, 5) is 6.83. The second kappa shape index (κ2) is 10.1. The van der Waals surface area contributed by atoms with Crippen LogP contribution in [0.15, 0.2) is 34.2 Å². The minimum Gasteiger partial charge on any atom is -0.373 e. The Labute approximate surface area is 196 Å². The first-order valence-corrected chi connectivity index (χ1v) is 11.8. The molecule has 3 atom stereocenters. The van der Waals surface area contributed by atoms with E-state index in [0.717, 1.165) is 37.9 Å². The first-order valence-electron chi connectivity index (χ1n) is 10.4. The predicted molar refractivity (Wildman–Crippen MR) is 128 cm³/mol. The normalized spacial score (nSPS) is 27.7. The molecular weight excluding hydrogens is 517 g/mol. The summed E-state index contributed by atoms with van der Waals surface area (Å²) in [7, 11) is 0.234. The van der Waals surface area contributed by atoms with Crippen molar-refractivity contribution in [3.63, 3.8) is 0 Å². The number of nitrogens with one attached hydrogen (secondary N) is 2. The number of hydrogen-bond acceptors (Lipinski definition) is 5. The van der Waals surface area contributed by atoms with Crippen molar-refractivity contribution >= 4 is 40.0 Å². The van der Waals surface area contributed by atoms with Crippen LogP contribution in [0.1, 0.15) is 24.8 Å². The summed E-state index contributed by atoms with van der Waals surface area (Å²) in [5.41, 5.74) is 0.749. The third-order valence-electron chi connectivity index (χ3n) is 6.15. The largest absolute Gasteiger partial charge is 0.373 e. The summed E-state index contributed by atoms with van der Waals surface area (Å²) in [6.45, 7) is 2.94. The first kappa shape index (κ1) is 23.7. The number of aliphatic imine (C=N–C) groups is 1. The molecule has 1 aromatic carbocycles. The van der Waals surface area contributed by atoms with Gasteiger partial charge in [0.1, 0.15) is 0 Å². The Morgan fingerprint density at radius 2 is 1.93 bits per heavy atom. The van der Waals surface area contributed by atoms with Crippen molar-refractivity contribution in [3.8, 4) is 0 Å². The average Bonchev–Trinajstić information content (AvgIpc) is 3.35. The summed E-state index contributed by atoms with van der Waals surface area (Å²) in [6, 6.07) is 7.49. The zero-order chi connectivity index (χ0) is 20.4. The van der Waals surface area contributed by atoms with E-state index < -0.39 is 10.0 Å². The highest BCUT2D eigenvalue weighted by atomic mass is 127. The fourth-order valence-electron chi connectivity index (χ4n) is 4.41. The lowest BCUT2D eigenvalue weighted by molar-refractivity contribution is 0.0992. The highest BCUT2D eigenvalue weighted by Gasteiger charge is 2.41. The van der Waals surface area contributed by atoms with Crippen molar-refractivity contribution in [2.45, 2.75) is 49.0 Å². The van der Waals surface area contributed by atoms with E-state index in [1.54, 1.807) is 23.5 Å². The van der Waals surface area contributed by atoms with E-state index >= 15 is 0 Å². The van der Waals surface area contributed by atoms with Gasteiger partial charge in [-0.1, -0.05) is 18.2 Å². The second-order valence-corrected chi connectivity index (χ2v) is 10.0. The van der Waals surface area contributed by atoms with Gasteiger partial charge in [-0.15, -0.1) is 24.0 Å². The number of piperazine rings is 1. The van der Waals surface area contributed by atoms with Crippen LogP contribution in [0.4, 0.5) is 0 Å². The molecule has 0 saturated carbocycles. The van der Waals surface area contributed by atoms with Gasteiger partial charge in [-0.25, -0.2) is 8.42 Å². The summed E-state index contributed by atoms with van der Waals surface area (Å²) < 4.78 is 33.9. The molecule has 30 heavy (non-hydrogen) atoms. The molecule has 2 bridgehead atoms. The quantitative estimate of drug-likeness (QED) is 0.327. The van der Waals surface area contributed by atoms with Gasteiger partial charge in [0.15, 0.2) is 5.96 Å². The van der Waals surface area contributed by atoms with Crippen molar-refractivity contribution in [2.24, 2.45) is 4.99 Å². The zero-order valence-corrected chi connectivity index (χ0v) is 20.7. The van der Waals surface area contributed by atoms with Crippen LogP contribution in [0.2, 0.25) is 0 Å². The van der Waals surface area contributed by atoms with E-state index in [1.807, 2.05) is 19.2 Å². The molecular formula is C20H32IN5O3S. The minimum absolute atomic E-state index is 0. The average molecular weight is 549 g/mol. The van der Waals surface area contributed by atoms with Crippen molar-refractivity contribution in [1.82, 2.24) is 19.8 Å². The van der Waals surface area contributed by atoms with E-state index in [-0.39, 0.29) is 36.1 Å². The number of halogens is 1. The third kappa shape index (κ3) is 5.09. The smallest absolute Gasteiger partial charge is 0.243 e. The van der Waals surface area contributed by atoms with Crippen LogP contribution < -0.4 is 10.6 Å². The Hall–Kier alpha value is -0.950. The van der Waals surface area contributed by atoms with Gasteiger partial charge in [-0.05, 0) is 37.9 Å². The van der Waals surface area contributed by atoms with Crippen molar-refractivity contribution in [2.75, 3.05) is 40.3 Å². The molecule has 3 aliphatic heterocycles. The molecule has 3 heterocycles.